The molecule has 2 aromatic carbocycles. The van der Waals surface area contributed by atoms with Gasteiger partial charge in [-0.2, -0.15) is 0 Å². The predicted molar refractivity (Wildman–Crippen MR) is 90.5 cm³/mol. The fourth-order valence-electron chi connectivity index (χ4n) is 2.35. The van der Waals surface area contributed by atoms with Gasteiger partial charge in [-0.1, -0.05) is 42.5 Å². The maximum atomic E-state index is 12.2. The maximum Gasteiger partial charge on any atom is 0.323 e. The number of carbonyl (C=O) groups excluding carboxylic acids is 1. The minimum Gasteiger partial charge on any atom is -0.465 e. The molecule has 0 aliphatic heterocycles. The van der Waals surface area contributed by atoms with E-state index in [0.717, 1.165) is 11.1 Å². The van der Waals surface area contributed by atoms with Crippen LogP contribution in [0, 0.1) is 10.1 Å². The highest BCUT2D eigenvalue weighted by Crippen LogP contribution is 2.13. The number of rotatable bonds is 8. The van der Waals surface area contributed by atoms with E-state index in [0.29, 0.717) is 19.6 Å². The van der Waals surface area contributed by atoms with Crippen molar-refractivity contribution in [3.8, 4) is 0 Å². The smallest absolute Gasteiger partial charge is 0.323 e. The molecule has 0 aliphatic carbocycles. The quantitative estimate of drug-likeness (QED) is 0.458. The summed E-state index contributed by atoms with van der Waals surface area (Å²) >= 11 is 0. The van der Waals surface area contributed by atoms with Crippen LogP contribution in [0.25, 0.3) is 0 Å². The molecule has 0 saturated carbocycles. The number of nitrogens with zero attached hydrogens (tertiary/aromatic N) is 1. The van der Waals surface area contributed by atoms with E-state index >= 15 is 0 Å². The molecule has 1 atom stereocenters. The van der Waals surface area contributed by atoms with Crippen LogP contribution in [0.15, 0.2) is 54.6 Å². The highest BCUT2D eigenvalue weighted by Gasteiger charge is 2.20. The molecule has 126 valence electrons. The Morgan fingerprint density at radius 1 is 1.17 bits per heavy atom. The molecule has 2 rings (SSSR count). The van der Waals surface area contributed by atoms with Crippen molar-refractivity contribution in [2.24, 2.45) is 0 Å². The second-order valence-electron chi connectivity index (χ2n) is 5.30. The first kappa shape index (κ1) is 17.6. The molecule has 1 unspecified atom stereocenters. The first-order valence-corrected chi connectivity index (χ1v) is 7.77. The van der Waals surface area contributed by atoms with Gasteiger partial charge in [0, 0.05) is 18.7 Å². The number of benzene rings is 2. The Bertz CT molecular complexity index is 688. The van der Waals surface area contributed by atoms with Crippen LogP contribution >= 0.6 is 0 Å². The molecular formula is C18H20N2O4. The summed E-state index contributed by atoms with van der Waals surface area (Å²) in [5.41, 5.74) is 1.79. The summed E-state index contributed by atoms with van der Waals surface area (Å²) in [4.78, 5) is 22.6. The number of nitrogens with one attached hydrogen (secondary N) is 1. The lowest BCUT2D eigenvalue weighted by atomic mass is 10.1. The van der Waals surface area contributed by atoms with Crippen LogP contribution in [0.3, 0.4) is 0 Å². The van der Waals surface area contributed by atoms with E-state index in [4.69, 9.17) is 4.74 Å². The van der Waals surface area contributed by atoms with E-state index in [1.165, 1.54) is 12.1 Å². The van der Waals surface area contributed by atoms with Crippen LogP contribution in [0.2, 0.25) is 0 Å². The lowest BCUT2D eigenvalue weighted by molar-refractivity contribution is -0.384. The van der Waals surface area contributed by atoms with Crippen molar-refractivity contribution in [2.45, 2.75) is 25.9 Å². The van der Waals surface area contributed by atoms with Crippen LogP contribution in [-0.4, -0.2) is 23.5 Å². The molecule has 0 heterocycles. The van der Waals surface area contributed by atoms with Crippen molar-refractivity contribution in [3.63, 3.8) is 0 Å². The molecule has 0 bridgehead atoms. The lowest BCUT2D eigenvalue weighted by Crippen LogP contribution is -2.39. The zero-order valence-corrected chi connectivity index (χ0v) is 13.5. The van der Waals surface area contributed by atoms with E-state index in [2.05, 4.69) is 5.32 Å². The van der Waals surface area contributed by atoms with Gasteiger partial charge < -0.3 is 10.1 Å². The summed E-state index contributed by atoms with van der Waals surface area (Å²) in [6, 6.07) is 15.5. The molecule has 0 amide bonds. The molecule has 0 saturated heterocycles. The third kappa shape index (κ3) is 5.17. The van der Waals surface area contributed by atoms with E-state index in [1.807, 2.05) is 30.3 Å². The number of nitro groups is 1. The van der Waals surface area contributed by atoms with Crippen LogP contribution in [-0.2, 0) is 22.5 Å². The van der Waals surface area contributed by atoms with Crippen LogP contribution in [0.1, 0.15) is 18.1 Å². The molecule has 1 N–H and O–H groups in total. The van der Waals surface area contributed by atoms with Crippen molar-refractivity contribution in [3.05, 3.63) is 75.8 Å². The molecular weight excluding hydrogens is 308 g/mol. The minimum atomic E-state index is -0.508. The molecule has 0 fully saturated rings. The number of nitro benzene ring substituents is 1. The van der Waals surface area contributed by atoms with Gasteiger partial charge in [0.2, 0.25) is 0 Å². The van der Waals surface area contributed by atoms with E-state index < -0.39 is 11.0 Å². The summed E-state index contributed by atoms with van der Waals surface area (Å²) < 4.78 is 5.12. The van der Waals surface area contributed by atoms with Gasteiger partial charge >= 0.3 is 5.97 Å². The third-order valence-electron chi connectivity index (χ3n) is 3.53. The molecule has 0 spiro atoms. The van der Waals surface area contributed by atoms with E-state index in [9.17, 15) is 14.9 Å². The Labute approximate surface area is 140 Å². The zero-order chi connectivity index (χ0) is 17.4. The second-order valence-corrected chi connectivity index (χ2v) is 5.30. The Hall–Kier alpha value is -2.73. The number of ether oxygens (including phenoxy) is 1. The van der Waals surface area contributed by atoms with Crippen molar-refractivity contribution in [1.29, 1.82) is 0 Å². The van der Waals surface area contributed by atoms with Crippen molar-refractivity contribution in [1.82, 2.24) is 5.32 Å². The number of hydrogen-bond donors (Lipinski definition) is 1. The highest BCUT2D eigenvalue weighted by molar-refractivity contribution is 5.76. The average Bonchev–Trinajstić information content (AvgIpc) is 2.60. The van der Waals surface area contributed by atoms with Gasteiger partial charge in [0.25, 0.3) is 5.69 Å². The van der Waals surface area contributed by atoms with Gasteiger partial charge in [-0.25, -0.2) is 0 Å². The summed E-state index contributed by atoms with van der Waals surface area (Å²) in [6.45, 7) is 2.42. The van der Waals surface area contributed by atoms with Gasteiger partial charge in [-0.05, 0) is 24.5 Å². The van der Waals surface area contributed by atoms with Gasteiger partial charge in [0.1, 0.15) is 6.04 Å². The Balaban J connectivity index is 2.06. The molecule has 0 aliphatic rings. The first-order chi connectivity index (χ1) is 11.6. The second kappa shape index (κ2) is 8.79. The summed E-state index contributed by atoms with van der Waals surface area (Å²) in [5, 5.41) is 14.0. The van der Waals surface area contributed by atoms with Crippen LogP contribution < -0.4 is 5.32 Å². The summed E-state index contributed by atoms with van der Waals surface area (Å²) in [7, 11) is 0. The molecule has 0 radical (unpaired) electrons. The standard InChI is InChI=1S/C18H20N2O4/c1-2-24-18(21)17(12-14-7-4-3-5-8-14)19-13-15-9-6-10-16(11-15)20(22)23/h3-11,17,19H,2,12-13H2,1H3. The van der Waals surface area contributed by atoms with Crippen molar-refractivity contribution in [2.75, 3.05) is 6.61 Å². The normalized spacial score (nSPS) is 11.7. The lowest BCUT2D eigenvalue weighted by Gasteiger charge is -2.17. The Morgan fingerprint density at radius 3 is 2.54 bits per heavy atom. The SMILES string of the molecule is CCOC(=O)C(Cc1ccccc1)NCc1cccc([N+](=O)[O-])c1. The molecule has 24 heavy (non-hydrogen) atoms. The topological polar surface area (TPSA) is 81.5 Å². The van der Waals surface area contributed by atoms with Gasteiger partial charge in [0.15, 0.2) is 0 Å². The third-order valence-corrected chi connectivity index (χ3v) is 3.53. The van der Waals surface area contributed by atoms with E-state index in [-0.39, 0.29) is 11.7 Å². The fraction of sp³-hybridized carbons (Fsp3) is 0.278. The average molecular weight is 328 g/mol. The zero-order valence-electron chi connectivity index (χ0n) is 13.5. The summed E-state index contributed by atoms with van der Waals surface area (Å²) in [5.74, 6) is -0.327. The maximum absolute atomic E-state index is 12.2. The Morgan fingerprint density at radius 2 is 1.88 bits per heavy atom. The van der Waals surface area contributed by atoms with Gasteiger partial charge in [0.05, 0.1) is 11.5 Å². The molecule has 0 aromatic heterocycles. The van der Waals surface area contributed by atoms with Crippen LogP contribution in [0.5, 0.6) is 0 Å². The minimum absolute atomic E-state index is 0.0324. The van der Waals surface area contributed by atoms with Crippen molar-refractivity contribution < 1.29 is 14.5 Å². The summed E-state index contributed by atoms with van der Waals surface area (Å²) in [6.07, 6.45) is 0.495. The highest BCUT2D eigenvalue weighted by atomic mass is 16.6. The molecule has 2 aromatic rings. The number of hydrogen-bond acceptors (Lipinski definition) is 5. The number of carbonyl (C=O) groups is 1. The van der Waals surface area contributed by atoms with Gasteiger partial charge in [-0.3, -0.25) is 14.9 Å². The first-order valence-electron chi connectivity index (χ1n) is 7.77. The molecule has 6 heteroatoms. The van der Waals surface area contributed by atoms with Crippen LogP contribution in [0.4, 0.5) is 5.69 Å². The van der Waals surface area contributed by atoms with Crippen molar-refractivity contribution >= 4 is 11.7 Å². The largest absolute Gasteiger partial charge is 0.465 e. The molecule has 6 nitrogen and oxygen atoms in total. The monoisotopic (exact) mass is 328 g/mol. The fourth-order valence-corrected chi connectivity index (χ4v) is 2.35. The van der Waals surface area contributed by atoms with E-state index in [1.54, 1.807) is 19.1 Å². The Kier molecular flexibility index (Phi) is 6.45. The number of non-ortho nitro benzene ring substituents is 1. The number of esters is 1. The predicted octanol–water partition coefficient (Wildman–Crippen LogP) is 2.86. The van der Waals surface area contributed by atoms with Gasteiger partial charge in [-0.15, -0.1) is 0 Å².